The van der Waals surface area contributed by atoms with Crippen LogP contribution in [-0.4, -0.2) is 32.1 Å². The zero-order chi connectivity index (χ0) is 17.5. The summed E-state index contributed by atoms with van der Waals surface area (Å²) in [4.78, 5) is 13.6. The van der Waals surface area contributed by atoms with Crippen LogP contribution in [0.5, 0.6) is 0 Å². The number of aromatic nitrogens is 3. The number of carbonyl (C=O) groups excluding carboxylic acids is 1. The van der Waals surface area contributed by atoms with Crippen LogP contribution in [0.4, 0.5) is 17.6 Å². The van der Waals surface area contributed by atoms with E-state index in [2.05, 4.69) is 10.2 Å². The van der Waals surface area contributed by atoms with Crippen molar-refractivity contribution in [2.24, 2.45) is 0 Å². The lowest BCUT2D eigenvalue weighted by molar-refractivity contribution is -0.132. The molecule has 0 radical (unpaired) electrons. The molecule has 128 valence electrons. The molecule has 2 aromatic rings. The fraction of sp³-hybridized carbons (Fsp3) is 0.357. The highest BCUT2D eigenvalue weighted by molar-refractivity contribution is 6.21. The second-order valence-corrected chi connectivity index (χ2v) is 5.79. The number of alkyl halides is 3. The molecule has 0 spiro atoms. The van der Waals surface area contributed by atoms with E-state index in [-0.39, 0.29) is 37.4 Å². The van der Waals surface area contributed by atoms with Gasteiger partial charge in [-0.1, -0.05) is 6.07 Å². The summed E-state index contributed by atoms with van der Waals surface area (Å²) in [5.41, 5.74) is 0.0569. The first-order valence-corrected chi connectivity index (χ1v) is 7.34. The normalized spacial score (nSPS) is 14.6. The third kappa shape index (κ3) is 3.21. The van der Waals surface area contributed by atoms with Crippen molar-refractivity contribution in [3.05, 3.63) is 47.0 Å². The minimum atomic E-state index is -3.64. The Hall–Kier alpha value is -2.16. The summed E-state index contributed by atoms with van der Waals surface area (Å²) in [6, 6.07) is 2.96. The zero-order valence-electron chi connectivity index (χ0n) is 12.1. The van der Waals surface area contributed by atoms with E-state index < -0.39 is 28.7 Å². The first-order chi connectivity index (χ1) is 11.3. The molecular weight excluding hydrogens is 352 g/mol. The second kappa shape index (κ2) is 6.04. The van der Waals surface area contributed by atoms with Gasteiger partial charge in [-0.25, -0.2) is 8.78 Å². The average molecular weight is 363 g/mol. The quantitative estimate of drug-likeness (QED) is 0.622. The highest BCUT2D eigenvalue weighted by Crippen LogP contribution is 2.32. The summed E-state index contributed by atoms with van der Waals surface area (Å²) in [6.45, 7) is 0.145. The van der Waals surface area contributed by atoms with Crippen molar-refractivity contribution >= 4 is 17.5 Å². The Morgan fingerprint density at radius 2 is 2.00 bits per heavy atom. The van der Waals surface area contributed by atoms with Crippen LogP contribution in [0, 0.1) is 11.6 Å². The highest BCUT2D eigenvalue weighted by Gasteiger charge is 2.37. The molecule has 0 unspecified atom stereocenters. The number of rotatable bonds is 3. The molecular formula is C14H11ClF4N4O. The van der Waals surface area contributed by atoms with Crippen LogP contribution in [0.2, 0.25) is 0 Å². The molecule has 0 saturated heterocycles. The zero-order valence-corrected chi connectivity index (χ0v) is 12.9. The van der Waals surface area contributed by atoms with E-state index >= 15 is 0 Å². The molecule has 10 heteroatoms. The predicted molar refractivity (Wildman–Crippen MR) is 75.2 cm³/mol. The average Bonchev–Trinajstić information content (AvgIpc) is 2.93. The van der Waals surface area contributed by atoms with Crippen LogP contribution in [0.1, 0.15) is 17.2 Å². The summed E-state index contributed by atoms with van der Waals surface area (Å²) < 4.78 is 54.0. The van der Waals surface area contributed by atoms with E-state index in [4.69, 9.17) is 11.6 Å². The van der Waals surface area contributed by atoms with Gasteiger partial charge in [-0.3, -0.25) is 4.79 Å². The van der Waals surface area contributed by atoms with E-state index in [1.54, 1.807) is 0 Å². The topological polar surface area (TPSA) is 51.0 Å². The van der Waals surface area contributed by atoms with Gasteiger partial charge < -0.3 is 9.47 Å². The van der Waals surface area contributed by atoms with Crippen molar-refractivity contribution in [3.8, 4) is 0 Å². The third-order valence-corrected chi connectivity index (χ3v) is 3.89. The molecule has 24 heavy (non-hydrogen) atoms. The summed E-state index contributed by atoms with van der Waals surface area (Å²) in [5.74, 6) is -2.47. The van der Waals surface area contributed by atoms with Crippen molar-refractivity contribution < 1.29 is 22.4 Å². The van der Waals surface area contributed by atoms with Gasteiger partial charge in [0.05, 0.1) is 13.0 Å². The number of benzene rings is 1. The van der Waals surface area contributed by atoms with Crippen LogP contribution in [-0.2, 0) is 29.7 Å². The number of amides is 1. The monoisotopic (exact) mass is 362 g/mol. The molecule has 2 heterocycles. The van der Waals surface area contributed by atoms with Crippen molar-refractivity contribution in [1.29, 1.82) is 0 Å². The van der Waals surface area contributed by atoms with Gasteiger partial charge in [0.1, 0.15) is 11.6 Å². The lowest BCUT2D eigenvalue weighted by Gasteiger charge is -2.28. The molecule has 0 N–H and O–H groups in total. The summed E-state index contributed by atoms with van der Waals surface area (Å²) in [6.07, 6.45) is -0.265. The first kappa shape index (κ1) is 16.7. The number of carbonyl (C=O) groups is 1. The summed E-state index contributed by atoms with van der Waals surface area (Å²) in [5, 5.41) is 3.34. The van der Waals surface area contributed by atoms with Gasteiger partial charge in [0.15, 0.2) is 5.82 Å². The number of nitrogens with zero attached hydrogens (tertiary/aromatic N) is 4. The largest absolute Gasteiger partial charge is 0.381 e. The Bertz CT molecular complexity index is 790. The molecule has 0 saturated carbocycles. The summed E-state index contributed by atoms with van der Waals surface area (Å²) in [7, 11) is 0. The van der Waals surface area contributed by atoms with Crippen molar-refractivity contribution in [3.63, 3.8) is 0 Å². The molecule has 0 aliphatic carbocycles. The van der Waals surface area contributed by atoms with E-state index in [0.29, 0.717) is 6.07 Å². The molecule has 0 bridgehead atoms. The lowest BCUT2D eigenvalue weighted by atomic mass is 10.1. The molecule has 1 aromatic heterocycles. The summed E-state index contributed by atoms with van der Waals surface area (Å²) >= 11 is 4.96. The van der Waals surface area contributed by atoms with Gasteiger partial charge in [-0.05, 0) is 23.2 Å². The van der Waals surface area contributed by atoms with Gasteiger partial charge in [-0.15, -0.1) is 10.2 Å². The third-order valence-electron chi connectivity index (χ3n) is 3.72. The molecule has 1 aliphatic heterocycles. The van der Waals surface area contributed by atoms with Crippen LogP contribution in [0.3, 0.4) is 0 Å². The Morgan fingerprint density at radius 3 is 2.67 bits per heavy atom. The highest BCUT2D eigenvalue weighted by atomic mass is 35.5. The molecule has 3 rings (SSSR count). The van der Waals surface area contributed by atoms with E-state index in [9.17, 15) is 22.4 Å². The van der Waals surface area contributed by atoms with E-state index in [0.717, 1.165) is 10.6 Å². The predicted octanol–water partition coefficient (Wildman–Crippen LogP) is 2.43. The maximum absolute atomic E-state index is 13.6. The minimum absolute atomic E-state index is 0.0401. The second-order valence-electron chi connectivity index (χ2n) is 5.32. The first-order valence-electron chi connectivity index (χ1n) is 6.96. The number of halogens is 5. The van der Waals surface area contributed by atoms with Crippen molar-refractivity contribution in [1.82, 2.24) is 19.7 Å². The smallest absolute Gasteiger partial charge is 0.333 e. The Kier molecular flexibility index (Phi) is 4.20. The Morgan fingerprint density at radius 1 is 1.25 bits per heavy atom. The number of hydrogen-bond acceptors (Lipinski definition) is 3. The Labute approximate surface area is 138 Å². The number of fused-ring (bicyclic) bond motifs is 1. The van der Waals surface area contributed by atoms with Crippen LogP contribution < -0.4 is 0 Å². The van der Waals surface area contributed by atoms with Crippen LogP contribution in [0.15, 0.2) is 18.2 Å². The van der Waals surface area contributed by atoms with E-state index in [1.165, 1.54) is 11.0 Å². The fourth-order valence-electron chi connectivity index (χ4n) is 2.52. The van der Waals surface area contributed by atoms with Crippen molar-refractivity contribution in [2.45, 2.75) is 24.9 Å². The molecule has 5 nitrogen and oxygen atoms in total. The molecule has 1 amide bonds. The van der Waals surface area contributed by atoms with E-state index in [1.807, 2.05) is 0 Å². The van der Waals surface area contributed by atoms with Gasteiger partial charge in [0.2, 0.25) is 11.7 Å². The molecule has 1 aliphatic rings. The van der Waals surface area contributed by atoms with Gasteiger partial charge in [0.25, 0.3) is 0 Å². The molecule has 0 atom stereocenters. The lowest BCUT2D eigenvalue weighted by Crippen LogP contribution is -2.40. The van der Waals surface area contributed by atoms with Crippen molar-refractivity contribution in [2.75, 3.05) is 6.54 Å². The van der Waals surface area contributed by atoms with Gasteiger partial charge in [0, 0.05) is 19.2 Å². The SMILES string of the molecule is O=C(Cc1ccc(F)cc1F)N1CCn2c(nnc2C(F)(F)Cl)C1. The maximum Gasteiger partial charge on any atom is 0.381 e. The maximum atomic E-state index is 13.6. The van der Waals surface area contributed by atoms with Crippen LogP contribution in [0.25, 0.3) is 0 Å². The number of hydrogen-bond donors (Lipinski definition) is 0. The minimum Gasteiger partial charge on any atom is -0.333 e. The standard InChI is InChI=1S/C14H11ClF4N4O/c15-14(18,19)13-21-20-11-7-22(3-4-23(11)13)12(24)5-8-1-2-9(16)6-10(8)17/h1-2,6H,3-5,7H2. The van der Waals surface area contributed by atoms with Gasteiger partial charge >= 0.3 is 5.38 Å². The fourth-order valence-corrected chi connectivity index (χ4v) is 2.66. The molecule has 0 fully saturated rings. The van der Waals surface area contributed by atoms with Gasteiger partial charge in [-0.2, -0.15) is 8.78 Å². The molecule has 1 aromatic carbocycles. The van der Waals surface area contributed by atoms with Crippen LogP contribution >= 0.6 is 11.6 Å². The Balaban J connectivity index is 1.73.